The molecule has 2 nitrogen and oxygen atoms in total. The molecule has 1 unspecified atom stereocenters. The molecule has 2 aromatic carbocycles. The van der Waals surface area contributed by atoms with Crippen LogP contribution in [0.1, 0.15) is 16.4 Å². The Hall–Kier alpha value is -1.45. The Bertz CT molecular complexity index is 525. The molecule has 2 rings (SSSR count). The third-order valence-electron chi connectivity index (χ3n) is 2.97. The van der Waals surface area contributed by atoms with E-state index in [0.717, 1.165) is 5.75 Å². The zero-order chi connectivity index (χ0) is 13.7. The van der Waals surface area contributed by atoms with E-state index in [2.05, 4.69) is 43.3 Å². The first-order valence-corrected chi connectivity index (χ1v) is 7.18. The maximum atomic E-state index is 5.91. The molecule has 0 fully saturated rings. The van der Waals surface area contributed by atoms with Crippen LogP contribution in [0.4, 0.5) is 0 Å². The van der Waals surface area contributed by atoms with Gasteiger partial charge in [0, 0.05) is 16.7 Å². The van der Waals surface area contributed by atoms with Gasteiger partial charge in [-0.25, -0.2) is 0 Å². The first-order chi connectivity index (χ1) is 9.22. The molecule has 0 radical (unpaired) electrons. The predicted molar refractivity (Wildman–Crippen MR) is 81.8 cm³/mol. The monoisotopic (exact) mass is 273 g/mol. The fourth-order valence-corrected chi connectivity index (χ4v) is 3.05. The Morgan fingerprint density at radius 1 is 1.16 bits per heavy atom. The van der Waals surface area contributed by atoms with Crippen LogP contribution in [0.3, 0.4) is 0 Å². The van der Waals surface area contributed by atoms with E-state index in [-0.39, 0.29) is 5.25 Å². The van der Waals surface area contributed by atoms with E-state index in [4.69, 9.17) is 10.5 Å². The highest BCUT2D eigenvalue weighted by atomic mass is 32.2. The Morgan fingerprint density at radius 3 is 2.47 bits per heavy atom. The van der Waals surface area contributed by atoms with Crippen molar-refractivity contribution in [1.29, 1.82) is 0 Å². The van der Waals surface area contributed by atoms with Crippen molar-refractivity contribution in [3.8, 4) is 5.75 Å². The van der Waals surface area contributed by atoms with Crippen LogP contribution >= 0.6 is 11.8 Å². The summed E-state index contributed by atoms with van der Waals surface area (Å²) in [6.07, 6.45) is 0. The third kappa shape index (κ3) is 3.75. The molecular weight excluding hydrogens is 254 g/mol. The summed E-state index contributed by atoms with van der Waals surface area (Å²) in [4.78, 5) is 1.26. The first kappa shape index (κ1) is 14.0. The number of ether oxygens (including phenoxy) is 1. The number of hydrogen-bond acceptors (Lipinski definition) is 3. The summed E-state index contributed by atoms with van der Waals surface area (Å²) in [5.74, 6) is 0.875. The summed E-state index contributed by atoms with van der Waals surface area (Å²) in [6.45, 7) is 2.72. The van der Waals surface area contributed by atoms with Crippen molar-refractivity contribution in [2.24, 2.45) is 5.73 Å². The van der Waals surface area contributed by atoms with Gasteiger partial charge in [-0.3, -0.25) is 0 Å². The van der Waals surface area contributed by atoms with Gasteiger partial charge < -0.3 is 10.5 Å². The van der Waals surface area contributed by atoms with Crippen LogP contribution in [0.5, 0.6) is 5.75 Å². The summed E-state index contributed by atoms with van der Waals surface area (Å²) < 4.78 is 5.18. The molecule has 0 aliphatic heterocycles. The van der Waals surface area contributed by atoms with Gasteiger partial charge in [0.2, 0.25) is 0 Å². The average molecular weight is 273 g/mol. The van der Waals surface area contributed by atoms with E-state index in [1.165, 1.54) is 16.0 Å². The quantitative estimate of drug-likeness (QED) is 0.842. The van der Waals surface area contributed by atoms with Crippen LogP contribution in [-0.4, -0.2) is 13.7 Å². The van der Waals surface area contributed by atoms with E-state index in [9.17, 15) is 0 Å². The lowest BCUT2D eigenvalue weighted by molar-refractivity contribution is 0.414. The van der Waals surface area contributed by atoms with Gasteiger partial charge >= 0.3 is 0 Å². The SMILES string of the molecule is COc1ccc(C(CN)Sc2cccc(C)c2)cc1. The first-order valence-electron chi connectivity index (χ1n) is 6.30. The molecule has 2 aromatic rings. The molecule has 0 aliphatic rings. The number of aryl methyl sites for hydroxylation is 1. The summed E-state index contributed by atoms with van der Waals surface area (Å²) in [7, 11) is 1.68. The highest BCUT2D eigenvalue weighted by molar-refractivity contribution is 7.99. The number of hydrogen-bond donors (Lipinski definition) is 1. The van der Waals surface area contributed by atoms with E-state index < -0.39 is 0 Å². The number of thioether (sulfide) groups is 1. The summed E-state index contributed by atoms with van der Waals surface area (Å²) in [5, 5.41) is 0.271. The lowest BCUT2D eigenvalue weighted by Crippen LogP contribution is -2.09. The topological polar surface area (TPSA) is 35.2 Å². The van der Waals surface area contributed by atoms with E-state index in [1.54, 1.807) is 18.9 Å². The second kappa shape index (κ2) is 6.64. The molecule has 100 valence electrons. The van der Waals surface area contributed by atoms with Gasteiger partial charge in [0.1, 0.15) is 5.75 Å². The number of benzene rings is 2. The molecule has 0 bridgehead atoms. The minimum Gasteiger partial charge on any atom is -0.497 e. The molecule has 0 saturated carbocycles. The molecule has 2 N–H and O–H groups in total. The van der Waals surface area contributed by atoms with Gasteiger partial charge in [0.05, 0.1) is 7.11 Å². The molecule has 19 heavy (non-hydrogen) atoms. The number of methoxy groups -OCH3 is 1. The van der Waals surface area contributed by atoms with E-state index in [0.29, 0.717) is 6.54 Å². The highest BCUT2D eigenvalue weighted by Crippen LogP contribution is 2.35. The van der Waals surface area contributed by atoms with E-state index >= 15 is 0 Å². The molecule has 0 saturated heterocycles. The molecule has 0 heterocycles. The number of rotatable bonds is 5. The van der Waals surface area contributed by atoms with Gasteiger partial charge in [-0.15, -0.1) is 11.8 Å². The van der Waals surface area contributed by atoms with Crippen molar-refractivity contribution in [3.63, 3.8) is 0 Å². The molecule has 0 spiro atoms. The van der Waals surface area contributed by atoms with Crippen molar-refractivity contribution in [3.05, 3.63) is 59.7 Å². The zero-order valence-corrected chi connectivity index (χ0v) is 12.1. The molecule has 0 aliphatic carbocycles. The smallest absolute Gasteiger partial charge is 0.118 e. The van der Waals surface area contributed by atoms with Crippen molar-refractivity contribution >= 4 is 11.8 Å². The van der Waals surface area contributed by atoms with Crippen molar-refractivity contribution in [2.75, 3.05) is 13.7 Å². The van der Waals surface area contributed by atoms with Crippen molar-refractivity contribution in [1.82, 2.24) is 0 Å². The van der Waals surface area contributed by atoms with Crippen LogP contribution < -0.4 is 10.5 Å². The Morgan fingerprint density at radius 2 is 1.89 bits per heavy atom. The molecule has 3 heteroatoms. The second-order valence-corrected chi connectivity index (χ2v) is 5.71. The summed E-state index contributed by atoms with van der Waals surface area (Å²) >= 11 is 1.80. The van der Waals surface area contributed by atoms with Crippen LogP contribution in [0.2, 0.25) is 0 Å². The van der Waals surface area contributed by atoms with Crippen LogP contribution in [0.25, 0.3) is 0 Å². The van der Waals surface area contributed by atoms with Crippen molar-refractivity contribution < 1.29 is 4.74 Å². The standard InChI is InChI=1S/C16H19NOS/c1-12-4-3-5-15(10-12)19-16(11-17)13-6-8-14(18-2)9-7-13/h3-10,16H,11,17H2,1-2H3. The minimum atomic E-state index is 0.271. The fraction of sp³-hybridized carbons (Fsp3) is 0.250. The van der Waals surface area contributed by atoms with E-state index in [1.807, 2.05) is 12.1 Å². The van der Waals surface area contributed by atoms with Gasteiger partial charge in [0.15, 0.2) is 0 Å². The largest absolute Gasteiger partial charge is 0.497 e. The van der Waals surface area contributed by atoms with Gasteiger partial charge in [-0.2, -0.15) is 0 Å². The highest BCUT2D eigenvalue weighted by Gasteiger charge is 2.11. The molecule has 0 aromatic heterocycles. The summed E-state index contributed by atoms with van der Waals surface area (Å²) in [5.41, 5.74) is 8.41. The molecule has 1 atom stereocenters. The molecular formula is C16H19NOS. The fourth-order valence-electron chi connectivity index (χ4n) is 1.92. The Balaban J connectivity index is 2.15. The maximum Gasteiger partial charge on any atom is 0.118 e. The second-order valence-electron chi connectivity index (χ2n) is 4.43. The van der Waals surface area contributed by atoms with Crippen LogP contribution in [-0.2, 0) is 0 Å². The average Bonchev–Trinajstić information content (AvgIpc) is 2.45. The van der Waals surface area contributed by atoms with Gasteiger partial charge in [0.25, 0.3) is 0 Å². The molecule has 0 amide bonds. The summed E-state index contributed by atoms with van der Waals surface area (Å²) in [6, 6.07) is 16.6. The zero-order valence-electron chi connectivity index (χ0n) is 11.3. The Labute approximate surface area is 119 Å². The minimum absolute atomic E-state index is 0.271. The van der Waals surface area contributed by atoms with Crippen molar-refractivity contribution in [2.45, 2.75) is 17.1 Å². The normalized spacial score (nSPS) is 12.2. The third-order valence-corrected chi connectivity index (χ3v) is 4.24. The van der Waals surface area contributed by atoms with Crippen LogP contribution in [0, 0.1) is 6.92 Å². The lowest BCUT2D eigenvalue weighted by Gasteiger charge is -2.15. The lowest BCUT2D eigenvalue weighted by atomic mass is 10.1. The Kier molecular flexibility index (Phi) is 4.88. The van der Waals surface area contributed by atoms with Crippen LogP contribution in [0.15, 0.2) is 53.4 Å². The predicted octanol–water partition coefficient (Wildman–Crippen LogP) is 3.80. The number of nitrogens with two attached hydrogens (primary N) is 1. The van der Waals surface area contributed by atoms with Gasteiger partial charge in [-0.1, -0.05) is 29.8 Å². The maximum absolute atomic E-state index is 5.91. The van der Waals surface area contributed by atoms with Gasteiger partial charge in [-0.05, 0) is 36.8 Å².